The molecular weight excluding hydrogens is 274 g/mol. The normalized spacial score (nSPS) is 11.3. The summed E-state index contributed by atoms with van der Waals surface area (Å²) in [6.07, 6.45) is 0. The quantitative estimate of drug-likeness (QED) is 0.879. The van der Waals surface area contributed by atoms with E-state index in [1.54, 1.807) is 43.3 Å². The minimum absolute atomic E-state index is 0.134. The highest BCUT2D eigenvalue weighted by Gasteiger charge is 2.20. The Kier molecular flexibility index (Phi) is 3.99. The Morgan fingerprint density at radius 3 is 2.50 bits per heavy atom. The SMILES string of the molecule is COc1ccccc1CS(=O)(=O)c1cccc(C)c1N. The minimum Gasteiger partial charge on any atom is -0.496 e. The lowest BCUT2D eigenvalue weighted by atomic mass is 10.2. The summed E-state index contributed by atoms with van der Waals surface area (Å²) in [5.41, 5.74) is 7.57. The summed E-state index contributed by atoms with van der Waals surface area (Å²) < 4.78 is 30.2. The Morgan fingerprint density at radius 2 is 1.80 bits per heavy atom. The fourth-order valence-electron chi connectivity index (χ4n) is 2.03. The maximum atomic E-state index is 12.5. The van der Waals surface area contributed by atoms with Crippen LogP contribution in [-0.4, -0.2) is 15.5 Å². The number of ether oxygens (including phenoxy) is 1. The average Bonchev–Trinajstić information content (AvgIpc) is 2.42. The van der Waals surface area contributed by atoms with E-state index in [0.717, 1.165) is 5.56 Å². The molecular formula is C15H17NO3S. The van der Waals surface area contributed by atoms with Gasteiger partial charge in [-0.05, 0) is 24.6 Å². The van der Waals surface area contributed by atoms with Crippen LogP contribution in [0.15, 0.2) is 47.4 Å². The van der Waals surface area contributed by atoms with E-state index in [2.05, 4.69) is 0 Å². The predicted molar refractivity (Wildman–Crippen MR) is 79.5 cm³/mol. The summed E-state index contributed by atoms with van der Waals surface area (Å²) in [5, 5.41) is 0. The van der Waals surface area contributed by atoms with Crippen LogP contribution in [0.2, 0.25) is 0 Å². The van der Waals surface area contributed by atoms with Crippen molar-refractivity contribution in [1.82, 2.24) is 0 Å². The number of anilines is 1. The molecule has 0 atom stereocenters. The van der Waals surface area contributed by atoms with Gasteiger partial charge in [0.15, 0.2) is 9.84 Å². The molecule has 0 aromatic heterocycles. The summed E-state index contributed by atoms with van der Waals surface area (Å²) in [6.45, 7) is 1.79. The molecule has 0 saturated carbocycles. The molecule has 0 aliphatic rings. The highest BCUT2D eigenvalue weighted by Crippen LogP contribution is 2.28. The Hall–Kier alpha value is -2.01. The van der Waals surface area contributed by atoms with Crippen molar-refractivity contribution in [2.24, 2.45) is 0 Å². The van der Waals surface area contributed by atoms with Gasteiger partial charge in [-0.3, -0.25) is 0 Å². The zero-order valence-electron chi connectivity index (χ0n) is 11.5. The van der Waals surface area contributed by atoms with Crippen molar-refractivity contribution in [3.8, 4) is 5.75 Å². The Labute approximate surface area is 119 Å². The molecule has 2 aromatic rings. The summed E-state index contributed by atoms with van der Waals surface area (Å²) in [7, 11) is -1.98. The smallest absolute Gasteiger partial charge is 0.184 e. The molecule has 0 amide bonds. The summed E-state index contributed by atoms with van der Waals surface area (Å²) in [5.74, 6) is 0.423. The number of hydrogen-bond donors (Lipinski definition) is 1. The van der Waals surface area contributed by atoms with Gasteiger partial charge in [-0.2, -0.15) is 0 Å². The van der Waals surface area contributed by atoms with Crippen LogP contribution >= 0.6 is 0 Å². The predicted octanol–water partition coefficient (Wildman–Crippen LogP) is 2.56. The molecule has 0 aliphatic heterocycles. The van der Waals surface area contributed by atoms with Crippen molar-refractivity contribution in [2.45, 2.75) is 17.6 Å². The zero-order chi connectivity index (χ0) is 14.8. The molecule has 106 valence electrons. The molecule has 2 rings (SSSR count). The molecule has 0 bridgehead atoms. The number of benzene rings is 2. The van der Waals surface area contributed by atoms with Gasteiger partial charge in [0.05, 0.1) is 23.4 Å². The van der Waals surface area contributed by atoms with Gasteiger partial charge < -0.3 is 10.5 Å². The van der Waals surface area contributed by atoms with E-state index in [0.29, 0.717) is 17.0 Å². The lowest BCUT2D eigenvalue weighted by Crippen LogP contribution is -2.09. The average molecular weight is 291 g/mol. The number of nitrogen functional groups attached to an aromatic ring is 1. The first-order valence-electron chi connectivity index (χ1n) is 6.15. The van der Waals surface area contributed by atoms with Crippen LogP contribution in [0.25, 0.3) is 0 Å². The maximum Gasteiger partial charge on any atom is 0.184 e. The van der Waals surface area contributed by atoms with Gasteiger partial charge in [0, 0.05) is 5.56 Å². The van der Waals surface area contributed by atoms with E-state index < -0.39 is 9.84 Å². The molecule has 0 radical (unpaired) electrons. The molecule has 0 aliphatic carbocycles. The number of para-hydroxylation sites is 2. The maximum absolute atomic E-state index is 12.5. The molecule has 2 aromatic carbocycles. The van der Waals surface area contributed by atoms with E-state index >= 15 is 0 Å². The van der Waals surface area contributed by atoms with Crippen LogP contribution in [0.4, 0.5) is 5.69 Å². The van der Waals surface area contributed by atoms with E-state index in [9.17, 15) is 8.42 Å². The van der Waals surface area contributed by atoms with Gasteiger partial charge in [0.25, 0.3) is 0 Å². The molecule has 5 heteroatoms. The molecule has 0 saturated heterocycles. The first-order chi connectivity index (χ1) is 9.45. The molecule has 0 fully saturated rings. The van der Waals surface area contributed by atoms with Crippen molar-refractivity contribution < 1.29 is 13.2 Å². The number of nitrogens with two attached hydrogens (primary N) is 1. The Balaban J connectivity index is 2.44. The van der Waals surface area contributed by atoms with E-state index in [-0.39, 0.29) is 10.6 Å². The number of rotatable bonds is 4. The monoisotopic (exact) mass is 291 g/mol. The highest BCUT2D eigenvalue weighted by atomic mass is 32.2. The van der Waals surface area contributed by atoms with Crippen molar-refractivity contribution in [2.75, 3.05) is 12.8 Å². The van der Waals surface area contributed by atoms with Gasteiger partial charge in [-0.25, -0.2) is 8.42 Å². The van der Waals surface area contributed by atoms with Crippen molar-refractivity contribution in [1.29, 1.82) is 0 Å². The van der Waals surface area contributed by atoms with Crippen molar-refractivity contribution >= 4 is 15.5 Å². The molecule has 20 heavy (non-hydrogen) atoms. The lowest BCUT2D eigenvalue weighted by Gasteiger charge is -2.11. The first kappa shape index (κ1) is 14.4. The van der Waals surface area contributed by atoms with Crippen LogP contribution < -0.4 is 10.5 Å². The Bertz CT molecular complexity index is 724. The third-order valence-electron chi connectivity index (χ3n) is 3.16. The number of hydrogen-bond acceptors (Lipinski definition) is 4. The van der Waals surface area contributed by atoms with Gasteiger partial charge in [0.1, 0.15) is 5.75 Å². The van der Waals surface area contributed by atoms with Crippen LogP contribution in [-0.2, 0) is 15.6 Å². The number of methoxy groups -OCH3 is 1. The number of sulfone groups is 1. The summed E-state index contributed by atoms with van der Waals surface area (Å²) in [4.78, 5) is 0.170. The standard InChI is InChI=1S/C15H17NO3S/c1-11-6-5-9-14(15(11)16)20(17,18)10-12-7-3-4-8-13(12)19-2/h3-9H,10,16H2,1-2H3. The van der Waals surface area contributed by atoms with Crippen LogP contribution in [0, 0.1) is 6.92 Å². The molecule has 4 nitrogen and oxygen atoms in total. The van der Waals surface area contributed by atoms with E-state index in [4.69, 9.17) is 10.5 Å². The molecule has 0 unspecified atom stereocenters. The second-order valence-electron chi connectivity index (χ2n) is 4.56. The Morgan fingerprint density at radius 1 is 1.10 bits per heavy atom. The topological polar surface area (TPSA) is 69.4 Å². The second kappa shape index (κ2) is 5.54. The van der Waals surface area contributed by atoms with Crippen LogP contribution in [0.1, 0.15) is 11.1 Å². The zero-order valence-corrected chi connectivity index (χ0v) is 12.3. The largest absolute Gasteiger partial charge is 0.496 e. The number of aryl methyl sites for hydroxylation is 1. The molecule has 2 N–H and O–H groups in total. The second-order valence-corrected chi connectivity index (χ2v) is 6.52. The third-order valence-corrected chi connectivity index (χ3v) is 4.87. The summed E-state index contributed by atoms with van der Waals surface area (Å²) >= 11 is 0. The fraction of sp³-hybridized carbons (Fsp3) is 0.200. The molecule has 0 heterocycles. The minimum atomic E-state index is -3.50. The summed E-state index contributed by atoms with van der Waals surface area (Å²) in [6, 6.07) is 12.1. The van der Waals surface area contributed by atoms with Crippen LogP contribution in [0.5, 0.6) is 5.75 Å². The highest BCUT2D eigenvalue weighted by molar-refractivity contribution is 7.90. The van der Waals surface area contributed by atoms with Gasteiger partial charge in [0.2, 0.25) is 0 Å². The van der Waals surface area contributed by atoms with Crippen LogP contribution in [0.3, 0.4) is 0 Å². The van der Waals surface area contributed by atoms with Gasteiger partial charge in [-0.1, -0.05) is 30.3 Å². The van der Waals surface area contributed by atoms with Crippen molar-refractivity contribution in [3.05, 3.63) is 53.6 Å². The molecule has 0 spiro atoms. The van der Waals surface area contributed by atoms with Crippen molar-refractivity contribution in [3.63, 3.8) is 0 Å². The van der Waals surface area contributed by atoms with E-state index in [1.807, 2.05) is 0 Å². The van der Waals surface area contributed by atoms with Gasteiger partial charge in [-0.15, -0.1) is 0 Å². The van der Waals surface area contributed by atoms with E-state index in [1.165, 1.54) is 13.2 Å². The lowest BCUT2D eigenvalue weighted by molar-refractivity contribution is 0.411. The first-order valence-corrected chi connectivity index (χ1v) is 7.80. The van der Waals surface area contributed by atoms with Gasteiger partial charge >= 0.3 is 0 Å². The third kappa shape index (κ3) is 2.77. The fourth-order valence-corrected chi connectivity index (χ4v) is 3.61.